The zero-order valence-corrected chi connectivity index (χ0v) is 9.72. The predicted molar refractivity (Wildman–Crippen MR) is 60.6 cm³/mol. The summed E-state index contributed by atoms with van der Waals surface area (Å²) in [6, 6.07) is 0.867. The molecular weight excluding hydrogens is 174 g/mol. The minimum atomic E-state index is 0.444. The molecule has 0 bridgehead atoms. The number of hydrogen-bond donors (Lipinski definition) is 1. The van der Waals surface area contributed by atoms with Crippen LogP contribution in [0.5, 0.6) is 0 Å². The molecule has 2 nitrogen and oxygen atoms in total. The fraction of sp³-hybridized carbons (Fsp3) is 1.00. The minimum Gasteiger partial charge on any atom is -0.379 e. The second-order valence-corrected chi connectivity index (χ2v) is 4.38. The molecule has 1 unspecified atom stereocenters. The Bertz CT molecular complexity index is 134. The molecule has 0 saturated heterocycles. The highest BCUT2D eigenvalue weighted by Gasteiger charge is 2.19. The zero-order chi connectivity index (χ0) is 10.2. The molecule has 0 aromatic rings. The summed E-state index contributed by atoms with van der Waals surface area (Å²) in [7, 11) is 0. The van der Waals surface area contributed by atoms with E-state index < -0.39 is 0 Å². The second kappa shape index (κ2) is 7.24. The SMILES string of the molecule is CCC(C)OCCCCCNC1CC1. The highest BCUT2D eigenvalue weighted by molar-refractivity contribution is 4.80. The van der Waals surface area contributed by atoms with Crippen LogP contribution in [-0.2, 0) is 4.74 Å². The van der Waals surface area contributed by atoms with Crippen LogP contribution >= 0.6 is 0 Å². The molecule has 0 heterocycles. The third kappa shape index (κ3) is 6.39. The van der Waals surface area contributed by atoms with Crippen LogP contribution in [0.4, 0.5) is 0 Å². The molecule has 0 aromatic carbocycles. The molecule has 0 aliphatic heterocycles. The lowest BCUT2D eigenvalue weighted by Crippen LogP contribution is -2.17. The van der Waals surface area contributed by atoms with Crippen LogP contribution in [0.3, 0.4) is 0 Å². The molecule has 1 aliphatic rings. The van der Waals surface area contributed by atoms with E-state index >= 15 is 0 Å². The van der Waals surface area contributed by atoms with E-state index in [-0.39, 0.29) is 0 Å². The van der Waals surface area contributed by atoms with E-state index in [1.54, 1.807) is 0 Å². The van der Waals surface area contributed by atoms with Crippen molar-refractivity contribution in [1.29, 1.82) is 0 Å². The summed E-state index contributed by atoms with van der Waals surface area (Å²) in [5, 5.41) is 3.53. The minimum absolute atomic E-state index is 0.444. The summed E-state index contributed by atoms with van der Waals surface area (Å²) in [6.45, 7) is 6.46. The molecule has 2 heteroatoms. The van der Waals surface area contributed by atoms with E-state index in [1.165, 1.54) is 38.6 Å². The fourth-order valence-electron chi connectivity index (χ4n) is 1.40. The molecule has 1 fully saturated rings. The van der Waals surface area contributed by atoms with Crippen molar-refractivity contribution in [2.24, 2.45) is 0 Å². The summed E-state index contributed by atoms with van der Waals surface area (Å²) in [5.74, 6) is 0. The molecule has 0 radical (unpaired) electrons. The normalized spacial score (nSPS) is 18.4. The van der Waals surface area contributed by atoms with Crippen molar-refractivity contribution in [2.75, 3.05) is 13.2 Å². The van der Waals surface area contributed by atoms with Crippen LogP contribution in [0.2, 0.25) is 0 Å². The Labute approximate surface area is 88.4 Å². The first kappa shape index (κ1) is 12.0. The molecule has 1 rings (SSSR count). The quantitative estimate of drug-likeness (QED) is 0.576. The standard InChI is InChI=1S/C12H25NO/c1-3-11(2)14-10-6-4-5-9-13-12-7-8-12/h11-13H,3-10H2,1-2H3. The maximum atomic E-state index is 5.61. The predicted octanol–water partition coefficient (Wildman–Crippen LogP) is 2.72. The van der Waals surface area contributed by atoms with Crippen molar-refractivity contribution in [3.8, 4) is 0 Å². The second-order valence-electron chi connectivity index (χ2n) is 4.38. The van der Waals surface area contributed by atoms with Crippen molar-refractivity contribution >= 4 is 0 Å². The lowest BCUT2D eigenvalue weighted by atomic mass is 10.2. The van der Waals surface area contributed by atoms with Crippen molar-refractivity contribution in [3.05, 3.63) is 0 Å². The van der Waals surface area contributed by atoms with Gasteiger partial charge in [-0.2, -0.15) is 0 Å². The van der Waals surface area contributed by atoms with E-state index in [4.69, 9.17) is 4.74 Å². The smallest absolute Gasteiger partial charge is 0.0544 e. The molecule has 1 atom stereocenters. The van der Waals surface area contributed by atoms with Gasteiger partial charge in [0.25, 0.3) is 0 Å². The molecule has 84 valence electrons. The first-order valence-corrected chi connectivity index (χ1v) is 6.18. The third-order valence-electron chi connectivity index (χ3n) is 2.81. The van der Waals surface area contributed by atoms with Crippen LogP contribution in [0.15, 0.2) is 0 Å². The topological polar surface area (TPSA) is 21.3 Å². The van der Waals surface area contributed by atoms with Crippen molar-refractivity contribution in [1.82, 2.24) is 5.32 Å². The van der Waals surface area contributed by atoms with E-state index in [9.17, 15) is 0 Å². The molecule has 1 aliphatic carbocycles. The highest BCUT2D eigenvalue weighted by Crippen LogP contribution is 2.18. The van der Waals surface area contributed by atoms with Gasteiger partial charge in [0.15, 0.2) is 0 Å². The molecule has 0 aromatic heterocycles. The van der Waals surface area contributed by atoms with Gasteiger partial charge >= 0.3 is 0 Å². The summed E-state index contributed by atoms with van der Waals surface area (Å²) >= 11 is 0. The first-order chi connectivity index (χ1) is 6.83. The van der Waals surface area contributed by atoms with E-state index in [2.05, 4.69) is 19.2 Å². The van der Waals surface area contributed by atoms with Gasteiger partial charge in [-0.15, -0.1) is 0 Å². The molecule has 1 saturated carbocycles. The van der Waals surface area contributed by atoms with Gasteiger partial charge in [-0.25, -0.2) is 0 Å². The average molecular weight is 199 g/mol. The van der Waals surface area contributed by atoms with E-state index in [0.717, 1.165) is 19.1 Å². The Balaban J connectivity index is 1.70. The van der Waals surface area contributed by atoms with Crippen LogP contribution in [0.1, 0.15) is 52.4 Å². The number of rotatable bonds is 9. The van der Waals surface area contributed by atoms with Gasteiger partial charge in [0.2, 0.25) is 0 Å². The van der Waals surface area contributed by atoms with Gasteiger partial charge in [0, 0.05) is 12.6 Å². The summed E-state index contributed by atoms with van der Waals surface area (Å²) in [4.78, 5) is 0. The Morgan fingerprint density at radius 3 is 2.71 bits per heavy atom. The van der Waals surface area contributed by atoms with Crippen LogP contribution in [0, 0.1) is 0 Å². The Morgan fingerprint density at radius 1 is 1.29 bits per heavy atom. The highest BCUT2D eigenvalue weighted by atomic mass is 16.5. The molecule has 1 N–H and O–H groups in total. The van der Waals surface area contributed by atoms with Crippen molar-refractivity contribution in [3.63, 3.8) is 0 Å². The zero-order valence-electron chi connectivity index (χ0n) is 9.72. The summed E-state index contributed by atoms with van der Waals surface area (Å²) < 4.78 is 5.61. The number of unbranched alkanes of at least 4 members (excludes halogenated alkanes) is 2. The number of ether oxygens (including phenoxy) is 1. The van der Waals surface area contributed by atoms with Gasteiger partial charge < -0.3 is 10.1 Å². The van der Waals surface area contributed by atoms with E-state index in [1.807, 2.05) is 0 Å². The number of nitrogens with one attached hydrogen (secondary N) is 1. The Morgan fingerprint density at radius 2 is 2.07 bits per heavy atom. The van der Waals surface area contributed by atoms with Crippen LogP contribution in [0.25, 0.3) is 0 Å². The average Bonchev–Trinajstić information content (AvgIpc) is 2.99. The lowest BCUT2D eigenvalue weighted by molar-refractivity contribution is 0.0609. The molecule has 14 heavy (non-hydrogen) atoms. The van der Waals surface area contributed by atoms with Crippen LogP contribution < -0.4 is 5.32 Å². The molecule has 0 amide bonds. The molecule has 0 spiro atoms. The Hall–Kier alpha value is -0.0800. The fourth-order valence-corrected chi connectivity index (χ4v) is 1.40. The largest absolute Gasteiger partial charge is 0.379 e. The summed E-state index contributed by atoms with van der Waals surface area (Å²) in [6.07, 6.45) is 8.20. The maximum Gasteiger partial charge on any atom is 0.0544 e. The Kier molecular flexibility index (Phi) is 6.20. The van der Waals surface area contributed by atoms with Crippen molar-refractivity contribution in [2.45, 2.75) is 64.5 Å². The van der Waals surface area contributed by atoms with E-state index in [0.29, 0.717) is 6.10 Å². The third-order valence-corrected chi connectivity index (χ3v) is 2.81. The maximum absolute atomic E-state index is 5.61. The van der Waals surface area contributed by atoms with Crippen LogP contribution in [-0.4, -0.2) is 25.3 Å². The van der Waals surface area contributed by atoms with Gasteiger partial charge in [0.1, 0.15) is 0 Å². The first-order valence-electron chi connectivity index (χ1n) is 6.18. The molecular formula is C12H25NO. The monoisotopic (exact) mass is 199 g/mol. The summed E-state index contributed by atoms with van der Waals surface area (Å²) in [5.41, 5.74) is 0. The van der Waals surface area contributed by atoms with Gasteiger partial charge in [-0.05, 0) is 52.0 Å². The lowest BCUT2D eigenvalue weighted by Gasteiger charge is -2.10. The van der Waals surface area contributed by atoms with Gasteiger partial charge in [0.05, 0.1) is 6.10 Å². The van der Waals surface area contributed by atoms with Gasteiger partial charge in [-0.1, -0.05) is 6.92 Å². The number of hydrogen-bond acceptors (Lipinski definition) is 2. The van der Waals surface area contributed by atoms with Crippen molar-refractivity contribution < 1.29 is 4.74 Å². The van der Waals surface area contributed by atoms with Gasteiger partial charge in [-0.3, -0.25) is 0 Å².